The van der Waals surface area contributed by atoms with Crippen LogP contribution in [-0.2, 0) is 4.79 Å². The van der Waals surface area contributed by atoms with Crippen molar-refractivity contribution in [3.63, 3.8) is 0 Å². The molecule has 1 saturated carbocycles. The molecule has 2 unspecified atom stereocenters. The highest BCUT2D eigenvalue weighted by molar-refractivity contribution is 6.30. The predicted octanol–water partition coefficient (Wildman–Crippen LogP) is 2.31. The number of nitrogens with one attached hydrogen (secondary N) is 3. The normalized spacial score (nSPS) is 26.9. The van der Waals surface area contributed by atoms with Crippen LogP contribution in [0.4, 0.5) is 0 Å². The summed E-state index contributed by atoms with van der Waals surface area (Å²) < 4.78 is 0. The fourth-order valence-corrected chi connectivity index (χ4v) is 3.14. The van der Waals surface area contributed by atoms with Crippen molar-refractivity contribution in [2.75, 3.05) is 0 Å². The lowest BCUT2D eigenvalue weighted by atomic mass is 10.0. The summed E-state index contributed by atoms with van der Waals surface area (Å²) in [6.45, 7) is 0. The van der Waals surface area contributed by atoms with Crippen LogP contribution >= 0.6 is 11.6 Å². The Kier molecular flexibility index (Phi) is 4.24. The van der Waals surface area contributed by atoms with Gasteiger partial charge in [0, 0.05) is 17.1 Å². The summed E-state index contributed by atoms with van der Waals surface area (Å²) in [5.74, 6) is 0.112. The summed E-state index contributed by atoms with van der Waals surface area (Å²) in [6.07, 6.45) is 5.46. The molecule has 0 bridgehead atoms. The third kappa shape index (κ3) is 3.14. The molecule has 2 fully saturated rings. The smallest absolute Gasteiger partial charge is 0.238 e. The van der Waals surface area contributed by atoms with Gasteiger partial charge in [-0.15, -0.1) is 0 Å². The molecule has 1 aromatic rings. The van der Waals surface area contributed by atoms with Gasteiger partial charge in [0.1, 0.15) is 6.04 Å². The van der Waals surface area contributed by atoms with Gasteiger partial charge < -0.3 is 5.32 Å². The molecule has 1 aromatic carbocycles. The van der Waals surface area contributed by atoms with Crippen molar-refractivity contribution in [2.24, 2.45) is 0 Å². The lowest BCUT2D eigenvalue weighted by molar-refractivity contribution is -0.123. The summed E-state index contributed by atoms with van der Waals surface area (Å²) in [5, 5.41) is 3.87. The Morgan fingerprint density at radius 1 is 1.15 bits per heavy atom. The van der Waals surface area contributed by atoms with Crippen LogP contribution < -0.4 is 16.2 Å². The first kappa shape index (κ1) is 13.9. The van der Waals surface area contributed by atoms with Gasteiger partial charge in [0.15, 0.2) is 0 Å². The third-order valence-electron chi connectivity index (χ3n) is 4.19. The topological polar surface area (TPSA) is 53.2 Å². The van der Waals surface area contributed by atoms with Crippen molar-refractivity contribution in [3.05, 3.63) is 34.9 Å². The van der Waals surface area contributed by atoms with Gasteiger partial charge in [-0.05, 0) is 37.0 Å². The minimum atomic E-state index is -0.156. The average Bonchev–Trinajstić information content (AvgIpc) is 3.10. The first-order chi connectivity index (χ1) is 9.72. The molecule has 108 valence electrons. The second-order valence-corrected chi connectivity index (χ2v) is 6.11. The largest absolute Gasteiger partial charge is 0.352 e. The molecule has 0 radical (unpaired) electrons. The maximum Gasteiger partial charge on any atom is 0.238 e. The fraction of sp³-hybridized carbons (Fsp3) is 0.533. The van der Waals surface area contributed by atoms with Gasteiger partial charge in [0.05, 0.1) is 0 Å². The quantitative estimate of drug-likeness (QED) is 0.801. The number of hydrogen-bond donors (Lipinski definition) is 3. The molecule has 3 N–H and O–H groups in total. The number of carbonyl (C=O) groups excluding carboxylic acids is 1. The lowest BCUT2D eigenvalue weighted by Crippen LogP contribution is -2.46. The predicted molar refractivity (Wildman–Crippen MR) is 79.3 cm³/mol. The van der Waals surface area contributed by atoms with Crippen molar-refractivity contribution in [2.45, 2.75) is 50.2 Å². The number of amides is 1. The van der Waals surface area contributed by atoms with Gasteiger partial charge in [0.2, 0.25) is 5.91 Å². The molecule has 1 heterocycles. The Labute approximate surface area is 124 Å². The van der Waals surface area contributed by atoms with Crippen LogP contribution in [0, 0.1) is 0 Å². The van der Waals surface area contributed by atoms with Crippen LogP contribution in [0.15, 0.2) is 24.3 Å². The van der Waals surface area contributed by atoms with E-state index in [4.69, 9.17) is 11.6 Å². The zero-order chi connectivity index (χ0) is 13.9. The number of hydrogen-bond acceptors (Lipinski definition) is 3. The molecule has 3 rings (SSSR count). The van der Waals surface area contributed by atoms with Crippen molar-refractivity contribution in [1.29, 1.82) is 0 Å². The van der Waals surface area contributed by atoms with Crippen molar-refractivity contribution < 1.29 is 4.79 Å². The van der Waals surface area contributed by atoms with Crippen LogP contribution in [0.3, 0.4) is 0 Å². The molecule has 1 saturated heterocycles. The second-order valence-electron chi connectivity index (χ2n) is 5.67. The molecule has 1 aliphatic carbocycles. The van der Waals surface area contributed by atoms with Gasteiger partial charge in [-0.1, -0.05) is 36.6 Å². The lowest BCUT2D eigenvalue weighted by Gasteiger charge is -2.15. The monoisotopic (exact) mass is 293 g/mol. The number of benzene rings is 1. The van der Waals surface area contributed by atoms with E-state index in [9.17, 15) is 4.79 Å². The second kappa shape index (κ2) is 6.12. The summed E-state index contributed by atoms with van der Waals surface area (Å²) >= 11 is 5.89. The minimum Gasteiger partial charge on any atom is -0.352 e. The molecule has 1 aliphatic heterocycles. The SMILES string of the molecule is O=C(NC1CCCC1)C1CC(c2ccc(Cl)cc2)NN1. The molecule has 4 nitrogen and oxygen atoms in total. The van der Waals surface area contributed by atoms with Crippen molar-refractivity contribution in [3.8, 4) is 0 Å². The summed E-state index contributed by atoms with van der Waals surface area (Å²) in [5.41, 5.74) is 7.44. The number of carbonyl (C=O) groups is 1. The Morgan fingerprint density at radius 3 is 2.55 bits per heavy atom. The van der Waals surface area contributed by atoms with E-state index in [2.05, 4.69) is 16.2 Å². The molecular formula is C15H20ClN3O. The van der Waals surface area contributed by atoms with Gasteiger partial charge >= 0.3 is 0 Å². The zero-order valence-electron chi connectivity index (χ0n) is 11.4. The summed E-state index contributed by atoms with van der Waals surface area (Å²) in [6, 6.07) is 8.13. The van der Waals surface area contributed by atoms with Crippen LogP contribution in [0.1, 0.15) is 43.7 Å². The zero-order valence-corrected chi connectivity index (χ0v) is 12.1. The molecule has 0 spiro atoms. The average molecular weight is 294 g/mol. The number of hydrazine groups is 1. The van der Waals surface area contributed by atoms with E-state index in [-0.39, 0.29) is 18.0 Å². The number of rotatable bonds is 3. The van der Waals surface area contributed by atoms with Crippen LogP contribution in [0.2, 0.25) is 5.02 Å². The van der Waals surface area contributed by atoms with E-state index in [1.807, 2.05) is 24.3 Å². The highest BCUT2D eigenvalue weighted by atomic mass is 35.5. The van der Waals surface area contributed by atoms with Crippen LogP contribution in [-0.4, -0.2) is 18.0 Å². The van der Waals surface area contributed by atoms with Gasteiger partial charge in [-0.2, -0.15) is 0 Å². The van der Waals surface area contributed by atoms with E-state index >= 15 is 0 Å². The van der Waals surface area contributed by atoms with Crippen LogP contribution in [0.5, 0.6) is 0 Å². The fourth-order valence-electron chi connectivity index (χ4n) is 3.01. The van der Waals surface area contributed by atoms with E-state index in [0.717, 1.165) is 29.8 Å². The molecular weight excluding hydrogens is 274 g/mol. The highest BCUT2D eigenvalue weighted by Gasteiger charge is 2.31. The number of halogens is 1. The summed E-state index contributed by atoms with van der Waals surface area (Å²) in [4.78, 5) is 12.2. The van der Waals surface area contributed by atoms with Gasteiger partial charge in [-0.25, -0.2) is 10.9 Å². The first-order valence-electron chi connectivity index (χ1n) is 7.29. The Bertz CT molecular complexity index is 471. The van der Waals surface area contributed by atoms with Gasteiger partial charge in [0.25, 0.3) is 0 Å². The van der Waals surface area contributed by atoms with E-state index in [0.29, 0.717) is 6.04 Å². The minimum absolute atomic E-state index is 0.112. The van der Waals surface area contributed by atoms with E-state index < -0.39 is 0 Å². The highest BCUT2D eigenvalue weighted by Crippen LogP contribution is 2.24. The summed E-state index contributed by atoms with van der Waals surface area (Å²) in [7, 11) is 0. The maximum atomic E-state index is 12.2. The molecule has 0 aromatic heterocycles. The Morgan fingerprint density at radius 2 is 1.85 bits per heavy atom. The Hall–Kier alpha value is -1.10. The maximum absolute atomic E-state index is 12.2. The Balaban J connectivity index is 1.55. The first-order valence-corrected chi connectivity index (χ1v) is 7.67. The van der Waals surface area contributed by atoms with Crippen molar-refractivity contribution >= 4 is 17.5 Å². The van der Waals surface area contributed by atoms with Gasteiger partial charge in [-0.3, -0.25) is 4.79 Å². The van der Waals surface area contributed by atoms with Crippen LogP contribution in [0.25, 0.3) is 0 Å². The van der Waals surface area contributed by atoms with E-state index in [1.165, 1.54) is 12.8 Å². The molecule has 20 heavy (non-hydrogen) atoms. The third-order valence-corrected chi connectivity index (χ3v) is 4.45. The molecule has 2 aliphatic rings. The molecule has 5 heteroatoms. The standard InChI is InChI=1S/C15H20ClN3O/c16-11-7-5-10(6-8-11)13-9-14(19-18-13)15(20)17-12-3-1-2-4-12/h5-8,12-14,18-19H,1-4,9H2,(H,17,20). The van der Waals surface area contributed by atoms with E-state index in [1.54, 1.807) is 0 Å². The molecule has 1 amide bonds. The van der Waals surface area contributed by atoms with Crippen molar-refractivity contribution in [1.82, 2.24) is 16.2 Å². The molecule has 2 atom stereocenters.